The molecule has 0 saturated heterocycles. The molecule has 2 aliphatic carbocycles. The SMILES string of the molecule is C=C/C(=C\C=C\N(c1ccccc1)c1ccccc1)c1ccc(N(c2ccccc2)c2ccc(-c3ccc4oc5ccc(-c6ccc(-c7ccc8c(c7)c7c(n8C8=CC=CCC8)=CCCC=7)cc6)cc5c4c3)cc2)cc1. The minimum Gasteiger partial charge on any atom is -0.456 e. The number of furan rings is 1. The Labute approximate surface area is 444 Å². The van der Waals surface area contributed by atoms with Gasteiger partial charge in [0, 0.05) is 67.1 Å². The lowest BCUT2D eigenvalue weighted by atomic mass is 9.97. The Hall–Kier alpha value is -9.64. The molecule has 0 N–H and O–H groups in total. The normalized spacial score (nSPS) is 13.4. The molecule has 0 saturated carbocycles. The van der Waals surface area contributed by atoms with Crippen LogP contribution in [0.25, 0.3) is 89.6 Å². The third-order valence-corrected chi connectivity index (χ3v) is 14.9. The molecule has 0 unspecified atom stereocenters. The van der Waals surface area contributed by atoms with E-state index in [9.17, 15) is 0 Å². The van der Waals surface area contributed by atoms with Gasteiger partial charge in [-0.25, -0.2) is 0 Å². The lowest BCUT2D eigenvalue weighted by Crippen LogP contribution is -2.30. The van der Waals surface area contributed by atoms with Crippen LogP contribution in [0, 0.1) is 0 Å². The molecule has 364 valence electrons. The molecule has 0 amide bonds. The topological polar surface area (TPSA) is 24.6 Å². The molecule has 0 fully saturated rings. The summed E-state index contributed by atoms with van der Waals surface area (Å²) < 4.78 is 8.93. The molecular formula is C72H55N3O. The van der Waals surface area contributed by atoms with Crippen LogP contribution < -0.4 is 20.4 Å². The summed E-state index contributed by atoms with van der Waals surface area (Å²) in [6.07, 6.45) is 24.2. The molecule has 0 atom stereocenters. The Bertz CT molecular complexity index is 4160. The van der Waals surface area contributed by atoms with Crippen LogP contribution in [0.4, 0.5) is 28.4 Å². The van der Waals surface area contributed by atoms with Crippen molar-refractivity contribution in [1.82, 2.24) is 4.57 Å². The number of hydrogen-bond acceptors (Lipinski definition) is 3. The van der Waals surface area contributed by atoms with Gasteiger partial charge in [0.1, 0.15) is 11.2 Å². The lowest BCUT2D eigenvalue weighted by Gasteiger charge is -2.26. The monoisotopic (exact) mass is 977 g/mol. The summed E-state index contributed by atoms with van der Waals surface area (Å²) in [4.78, 5) is 4.49. The van der Waals surface area contributed by atoms with E-state index < -0.39 is 0 Å². The fourth-order valence-corrected chi connectivity index (χ4v) is 11.1. The van der Waals surface area contributed by atoms with Gasteiger partial charge in [-0.2, -0.15) is 0 Å². The first-order valence-electron chi connectivity index (χ1n) is 26.4. The van der Waals surface area contributed by atoms with E-state index in [1.165, 1.54) is 43.9 Å². The van der Waals surface area contributed by atoms with Gasteiger partial charge in [0.05, 0.1) is 5.52 Å². The summed E-state index contributed by atoms with van der Waals surface area (Å²) in [6.45, 7) is 4.18. The van der Waals surface area contributed by atoms with E-state index in [-0.39, 0.29) is 0 Å². The van der Waals surface area contributed by atoms with Crippen LogP contribution in [0.5, 0.6) is 0 Å². The van der Waals surface area contributed by atoms with Gasteiger partial charge in [-0.3, -0.25) is 0 Å². The lowest BCUT2D eigenvalue weighted by molar-refractivity contribution is 0.669. The quantitative estimate of drug-likeness (QED) is 0.108. The van der Waals surface area contributed by atoms with Crippen LogP contribution in [0.15, 0.2) is 272 Å². The van der Waals surface area contributed by atoms with Crippen molar-refractivity contribution in [2.45, 2.75) is 25.7 Å². The van der Waals surface area contributed by atoms with E-state index in [1.54, 1.807) is 0 Å². The largest absolute Gasteiger partial charge is 0.456 e. The van der Waals surface area contributed by atoms with Crippen LogP contribution in [0.2, 0.25) is 0 Å². The molecule has 4 heteroatoms. The van der Waals surface area contributed by atoms with Crippen LogP contribution in [0.3, 0.4) is 0 Å². The highest BCUT2D eigenvalue weighted by atomic mass is 16.3. The number of rotatable bonds is 13. The number of benzene rings is 9. The van der Waals surface area contributed by atoms with Crippen LogP contribution in [-0.2, 0) is 0 Å². The highest BCUT2D eigenvalue weighted by Crippen LogP contribution is 2.39. The smallest absolute Gasteiger partial charge is 0.135 e. The summed E-state index contributed by atoms with van der Waals surface area (Å²) in [5, 5.41) is 6.26. The fraction of sp³-hybridized carbons (Fsp3) is 0.0556. The summed E-state index contributed by atoms with van der Waals surface area (Å²) in [5.41, 5.74) is 19.0. The molecule has 2 heterocycles. The zero-order valence-corrected chi connectivity index (χ0v) is 42.3. The van der Waals surface area contributed by atoms with Gasteiger partial charge in [-0.1, -0.05) is 164 Å². The Morgan fingerprint density at radius 2 is 0.987 bits per heavy atom. The minimum absolute atomic E-state index is 0.880. The van der Waals surface area contributed by atoms with Crippen molar-refractivity contribution in [3.8, 4) is 33.4 Å². The molecule has 2 aromatic heterocycles. The molecule has 4 nitrogen and oxygen atoms in total. The van der Waals surface area contributed by atoms with Gasteiger partial charge in [0.15, 0.2) is 0 Å². The van der Waals surface area contributed by atoms with Crippen LogP contribution in [0.1, 0.15) is 31.2 Å². The van der Waals surface area contributed by atoms with Crippen molar-refractivity contribution >= 4 is 84.7 Å². The van der Waals surface area contributed by atoms with Crippen molar-refractivity contribution in [2.24, 2.45) is 0 Å². The third-order valence-electron chi connectivity index (χ3n) is 14.9. The molecule has 0 aliphatic heterocycles. The Morgan fingerprint density at radius 1 is 0.487 bits per heavy atom. The molecule has 0 bridgehead atoms. The van der Waals surface area contributed by atoms with Gasteiger partial charge in [-0.05, 0) is 179 Å². The van der Waals surface area contributed by atoms with Gasteiger partial charge in [0.25, 0.3) is 0 Å². The molecule has 11 aromatic rings. The number of para-hydroxylation sites is 3. The molecule has 76 heavy (non-hydrogen) atoms. The van der Waals surface area contributed by atoms with Crippen molar-refractivity contribution in [3.05, 3.63) is 284 Å². The van der Waals surface area contributed by atoms with E-state index in [1.807, 2.05) is 18.2 Å². The fourth-order valence-electron chi connectivity index (χ4n) is 11.1. The minimum atomic E-state index is 0.880. The van der Waals surface area contributed by atoms with Crippen LogP contribution >= 0.6 is 0 Å². The second kappa shape index (κ2) is 20.3. The first-order chi connectivity index (χ1) is 37.6. The molecule has 9 aromatic carbocycles. The van der Waals surface area contributed by atoms with Crippen molar-refractivity contribution < 1.29 is 4.42 Å². The zero-order chi connectivity index (χ0) is 50.8. The van der Waals surface area contributed by atoms with E-state index in [4.69, 9.17) is 4.42 Å². The van der Waals surface area contributed by atoms with Crippen molar-refractivity contribution in [3.63, 3.8) is 0 Å². The van der Waals surface area contributed by atoms with Crippen molar-refractivity contribution in [2.75, 3.05) is 9.80 Å². The van der Waals surface area contributed by atoms with E-state index >= 15 is 0 Å². The summed E-state index contributed by atoms with van der Waals surface area (Å²) >= 11 is 0. The van der Waals surface area contributed by atoms with Gasteiger partial charge in [-0.15, -0.1) is 0 Å². The Balaban J connectivity index is 0.757. The number of aromatic nitrogens is 1. The summed E-state index contributed by atoms with van der Waals surface area (Å²) in [5.74, 6) is 0. The maximum Gasteiger partial charge on any atom is 0.135 e. The summed E-state index contributed by atoms with van der Waals surface area (Å²) in [6, 6.07) is 78.1. The maximum atomic E-state index is 6.43. The average molecular weight is 978 g/mol. The number of anilines is 5. The van der Waals surface area contributed by atoms with Crippen molar-refractivity contribution in [1.29, 1.82) is 0 Å². The second-order valence-corrected chi connectivity index (χ2v) is 19.6. The van der Waals surface area contributed by atoms with E-state index in [0.29, 0.717) is 0 Å². The average Bonchev–Trinajstić information content (AvgIpc) is 4.04. The first-order valence-corrected chi connectivity index (χ1v) is 26.4. The van der Waals surface area contributed by atoms with Gasteiger partial charge < -0.3 is 18.8 Å². The van der Waals surface area contributed by atoms with E-state index in [0.717, 1.165) is 104 Å². The number of nitrogens with zero attached hydrogens (tertiary/aromatic N) is 3. The predicted octanol–water partition coefficient (Wildman–Crippen LogP) is 18.5. The zero-order valence-electron chi connectivity index (χ0n) is 42.3. The number of fused-ring (bicyclic) bond motifs is 6. The van der Waals surface area contributed by atoms with Crippen LogP contribution in [-0.4, -0.2) is 4.57 Å². The highest BCUT2D eigenvalue weighted by molar-refractivity contribution is 6.08. The standard InChI is InChI=1S/C72H55N3O/c1-2-51(18-17-47-73(59-19-7-3-8-20-59)60-21-9-4-10-22-60)52-33-40-63(41-34-52)74(61-23-11-5-12-24-61)64-42-35-55(36-43-64)58-39-46-72-68(50-58)67-49-57(38-45-71(67)76-72)54-31-29-53(30-32-54)56-37-44-70-66(48-56)65-27-15-16-28-69(65)75(70)62-25-13-6-14-26-62/h2-13,17-25,27-50H,1,14-16,26H2/b47-17+,51-18+. The second-order valence-electron chi connectivity index (χ2n) is 19.6. The number of hydrogen-bond donors (Lipinski definition) is 0. The maximum absolute atomic E-state index is 6.43. The molecule has 0 spiro atoms. The summed E-state index contributed by atoms with van der Waals surface area (Å²) in [7, 11) is 0. The molecule has 0 radical (unpaired) electrons. The Morgan fingerprint density at radius 3 is 1.55 bits per heavy atom. The first kappa shape index (κ1) is 46.2. The Kier molecular flexibility index (Phi) is 12.4. The highest BCUT2D eigenvalue weighted by Gasteiger charge is 2.17. The third kappa shape index (κ3) is 8.90. The number of allylic oxidation sites excluding steroid dienone is 8. The molecule has 2 aliphatic rings. The molecule has 13 rings (SSSR count). The molecular weight excluding hydrogens is 923 g/mol. The van der Waals surface area contributed by atoms with Gasteiger partial charge in [0.2, 0.25) is 0 Å². The van der Waals surface area contributed by atoms with E-state index in [2.05, 4.69) is 276 Å². The van der Waals surface area contributed by atoms with Gasteiger partial charge >= 0.3 is 0 Å². The predicted molar refractivity (Wildman–Crippen MR) is 323 cm³/mol.